The van der Waals surface area contributed by atoms with Gasteiger partial charge in [0, 0.05) is 19.0 Å². The third-order valence-corrected chi connectivity index (χ3v) is 13.1. The van der Waals surface area contributed by atoms with Crippen molar-refractivity contribution in [1.82, 2.24) is 4.90 Å². The van der Waals surface area contributed by atoms with E-state index in [1.807, 2.05) is 0 Å². The van der Waals surface area contributed by atoms with Crippen LogP contribution in [0.15, 0.2) is 0 Å². The lowest BCUT2D eigenvalue weighted by Crippen LogP contribution is -2.54. The number of aliphatic hydroxyl groups excluding tert-OH is 1. The highest BCUT2D eigenvalue weighted by atomic mass is 32.2. The van der Waals surface area contributed by atoms with Crippen molar-refractivity contribution in [3.63, 3.8) is 0 Å². The van der Waals surface area contributed by atoms with Crippen LogP contribution in [-0.2, 0) is 14.9 Å². The molecule has 0 aromatic carbocycles. The summed E-state index contributed by atoms with van der Waals surface area (Å²) in [5.74, 6) is 3.99. The lowest BCUT2D eigenvalue weighted by atomic mass is 9.44. The Morgan fingerprint density at radius 2 is 1.72 bits per heavy atom. The molecule has 1 saturated heterocycles. The van der Waals surface area contributed by atoms with Crippen LogP contribution in [-0.4, -0.2) is 53.3 Å². The van der Waals surface area contributed by atoms with Crippen LogP contribution in [0.1, 0.15) is 104 Å². The molecule has 5 aliphatic rings. The molecule has 0 bridgehead atoms. The van der Waals surface area contributed by atoms with E-state index in [4.69, 9.17) is 0 Å². The van der Waals surface area contributed by atoms with Gasteiger partial charge in [0.15, 0.2) is 0 Å². The van der Waals surface area contributed by atoms with Crippen molar-refractivity contribution in [2.45, 2.75) is 116 Å². The zero-order valence-electron chi connectivity index (χ0n) is 22.7. The van der Waals surface area contributed by atoms with Crippen molar-refractivity contribution in [3.8, 4) is 0 Å². The van der Waals surface area contributed by atoms with Gasteiger partial charge in [-0.25, -0.2) is 0 Å². The molecule has 6 nitrogen and oxygen atoms in total. The number of carbonyl (C=O) groups excluding carboxylic acids is 1. The average molecular weight is 524 g/mol. The number of carbonyl (C=O) groups is 1. The first kappa shape index (κ1) is 26.9. The van der Waals surface area contributed by atoms with Crippen molar-refractivity contribution in [1.29, 1.82) is 0 Å². The van der Waals surface area contributed by atoms with Crippen molar-refractivity contribution in [2.75, 3.05) is 12.3 Å². The van der Waals surface area contributed by atoms with E-state index >= 15 is 0 Å². The number of hydrogen-bond donors (Lipinski definition) is 2. The van der Waals surface area contributed by atoms with Gasteiger partial charge in [0.05, 0.1) is 11.9 Å². The van der Waals surface area contributed by atoms with Gasteiger partial charge in [-0.1, -0.05) is 20.8 Å². The number of likely N-dealkylation sites (tertiary alicyclic amines) is 1. The SMILES string of the molecule is C[C@H](CCC(=O)N1CCC[C@@H]1CS(=O)(=O)O)[C@H]1CC[C@H]2[C@@H]3CC[C@@H]4C[C@H](O)CC[C@]4(C)[C@H]3CC[C@]12C. The molecule has 2 N–H and O–H groups in total. The Kier molecular flexibility index (Phi) is 7.35. The Labute approximate surface area is 218 Å². The Hall–Kier alpha value is -0.660. The molecule has 10 atom stereocenters. The number of rotatable bonds is 6. The van der Waals surface area contributed by atoms with Crippen LogP contribution < -0.4 is 0 Å². The summed E-state index contributed by atoms with van der Waals surface area (Å²) < 4.78 is 32.0. The Morgan fingerprint density at radius 3 is 2.47 bits per heavy atom. The normalized spacial score (nSPS) is 45.6. The highest BCUT2D eigenvalue weighted by Gasteiger charge is 2.60. The molecule has 1 heterocycles. The second kappa shape index (κ2) is 9.82. The summed E-state index contributed by atoms with van der Waals surface area (Å²) in [6, 6.07) is -0.371. The summed E-state index contributed by atoms with van der Waals surface area (Å²) >= 11 is 0. The summed E-state index contributed by atoms with van der Waals surface area (Å²) in [6.45, 7) is 8.07. The van der Waals surface area contributed by atoms with Crippen molar-refractivity contribution < 1.29 is 22.9 Å². The van der Waals surface area contributed by atoms with Crippen molar-refractivity contribution in [2.24, 2.45) is 46.3 Å². The predicted octanol–water partition coefficient (Wildman–Crippen LogP) is 5.30. The first-order valence-electron chi connectivity index (χ1n) is 14.8. The van der Waals surface area contributed by atoms with Gasteiger partial charge in [0.1, 0.15) is 0 Å². The summed E-state index contributed by atoms with van der Waals surface area (Å²) in [5, 5.41) is 10.3. The van der Waals surface area contributed by atoms with Gasteiger partial charge in [-0.3, -0.25) is 9.35 Å². The van der Waals surface area contributed by atoms with Crippen LogP contribution in [0.2, 0.25) is 0 Å². The van der Waals surface area contributed by atoms with E-state index < -0.39 is 10.1 Å². The second-order valence-electron chi connectivity index (χ2n) is 14.0. The third-order valence-electron chi connectivity index (χ3n) is 12.3. The Balaban J connectivity index is 1.21. The zero-order valence-corrected chi connectivity index (χ0v) is 23.5. The molecule has 1 aliphatic heterocycles. The number of fused-ring (bicyclic) bond motifs is 5. The van der Waals surface area contributed by atoms with E-state index in [9.17, 15) is 22.9 Å². The topological polar surface area (TPSA) is 94.9 Å². The smallest absolute Gasteiger partial charge is 0.266 e. The van der Waals surface area contributed by atoms with E-state index in [-0.39, 0.29) is 23.8 Å². The molecule has 5 rings (SSSR count). The van der Waals surface area contributed by atoms with E-state index in [1.165, 1.54) is 44.9 Å². The van der Waals surface area contributed by atoms with Gasteiger partial charge in [0.25, 0.3) is 10.1 Å². The maximum absolute atomic E-state index is 13.0. The maximum atomic E-state index is 13.0. The van der Waals surface area contributed by atoms with Gasteiger partial charge in [-0.05, 0) is 123 Å². The lowest BCUT2D eigenvalue weighted by Gasteiger charge is -2.61. The lowest BCUT2D eigenvalue weighted by molar-refractivity contribution is -0.133. The molecule has 5 fully saturated rings. The highest BCUT2D eigenvalue weighted by Crippen LogP contribution is 2.68. The number of aliphatic hydroxyl groups is 1. The molecule has 4 aliphatic carbocycles. The summed E-state index contributed by atoms with van der Waals surface area (Å²) in [7, 11) is -4.07. The molecule has 4 saturated carbocycles. The van der Waals surface area contributed by atoms with Gasteiger partial charge >= 0.3 is 0 Å². The predicted molar refractivity (Wildman–Crippen MR) is 141 cm³/mol. The first-order chi connectivity index (χ1) is 16.9. The van der Waals surface area contributed by atoms with Crippen LogP contribution in [0.5, 0.6) is 0 Å². The largest absolute Gasteiger partial charge is 0.393 e. The fraction of sp³-hybridized carbons (Fsp3) is 0.966. The fourth-order valence-electron chi connectivity index (χ4n) is 10.5. The van der Waals surface area contributed by atoms with Crippen LogP contribution >= 0.6 is 0 Å². The minimum absolute atomic E-state index is 0.0575. The van der Waals surface area contributed by atoms with Crippen LogP contribution in [0.4, 0.5) is 0 Å². The third kappa shape index (κ3) is 4.79. The molecule has 206 valence electrons. The van der Waals surface area contributed by atoms with Gasteiger partial charge in [0.2, 0.25) is 5.91 Å². The molecule has 0 spiro atoms. The minimum atomic E-state index is -4.07. The minimum Gasteiger partial charge on any atom is -0.393 e. The van der Waals surface area contributed by atoms with Crippen molar-refractivity contribution >= 4 is 16.0 Å². The zero-order chi connectivity index (χ0) is 25.9. The first-order valence-corrected chi connectivity index (χ1v) is 16.5. The van der Waals surface area contributed by atoms with Crippen molar-refractivity contribution in [3.05, 3.63) is 0 Å². The van der Waals surface area contributed by atoms with Gasteiger partial charge in [-0.15, -0.1) is 0 Å². The molecular formula is C29H49NO5S. The van der Waals surface area contributed by atoms with Crippen LogP contribution in [0.25, 0.3) is 0 Å². The van der Waals surface area contributed by atoms with Crippen LogP contribution in [0.3, 0.4) is 0 Å². The number of amides is 1. The second-order valence-corrected chi connectivity index (χ2v) is 15.5. The van der Waals surface area contributed by atoms with E-state index in [2.05, 4.69) is 20.8 Å². The van der Waals surface area contributed by atoms with E-state index in [1.54, 1.807) is 4.90 Å². The quantitative estimate of drug-likeness (QED) is 0.461. The Morgan fingerprint density at radius 1 is 1.00 bits per heavy atom. The molecule has 0 aromatic heterocycles. The maximum Gasteiger partial charge on any atom is 0.266 e. The molecular weight excluding hydrogens is 474 g/mol. The average Bonchev–Trinajstić information content (AvgIpc) is 3.40. The molecule has 7 heteroatoms. The van der Waals surface area contributed by atoms with Gasteiger partial charge in [-0.2, -0.15) is 8.42 Å². The van der Waals surface area contributed by atoms with Crippen LogP contribution in [0, 0.1) is 46.3 Å². The summed E-state index contributed by atoms with van der Waals surface area (Å²) in [6.07, 6.45) is 13.8. The molecule has 0 aromatic rings. The van der Waals surface area contributed by atoms with E-state index in [0.29, 0.717) is 48.0 Å². The van der Waals surface area contributed by atoms with Gasteiger partial charge < -0.3 is 10.0 Å². The fourth-order valence-corrected chi connectivity index (χ4v) is 11.3. The standard InChI is InChI=1S/C29H49NO5S/c1-19(6-11-27(32)30-16-4-5-21(30)18-36(33,34)35)24-9-10-25-23-8-7-20-17-22(31)12-14-28(20,2)26(23)13-15-29(24,25)3/h19-26,31H,4-18H2,1-3H3,(H,33,34,35)/t19-,20-,21-,22-,23+,24-,25+,26+,28+,29-/m1/s1. The number of hydrogen-bond acceptors (Lipinski definition) is 4. The Bertz CT molecular complexity index is 938. The molecule has 0 radical (unpaired) electrons. The highest BCUT2D eigenvalue weighted by molar-refractivity contribution is 7.85. The molecule has 36 heavy (non-hydrogen) atoms. The van der Waals surface area contributed by atoms with E-state index in [0.717, 1.165) is 43.4 Å². The summed E-state index contributed by atoms with van der Waals surface area (Å²) in [5.41, 5.74) is 0.774. The molecule has 1 amide bonds. The monoisotopic (exact) mass is 523 g/mol. The molecule has 0 unspecified atom stereocenters. The number of nitrogens with zero attached hydrogens (tertiary/aromatic N) is 1. The summed E-state index contributed by atoms with van der Waals surface area (Å²) in [4.78, 5) is 14.7.